The Morgan fingerprint density at radius 1 is 1.03 bits per heavy atom. The molecule has 0 fully saturated rings. The molecule has 2 aromatic carbocycles. The summed E-state index contributed by atoms with van der Waals surface area (Å²) in [4.78, 5) is 11.3. The Labute approximate surface area is 190 Å². The first-order valence-electron chi connectivity index (χ1n) is 11.2. The molecule has 32 heavy (non-hydrogen) atoms. The minimum Gasteiger partial charge on any atom is -0.491 e. The van der Waals surface area contributed by atoms with Crippen molar-refractivity contribution in [3.8, 4) is 5.75 Å². The summed E-state index contributed by atoms with van der Waals surface area (Å²) in [5.74, 6) is -0.345. The van der Waals surface area contributed by atoms with Gasteiger partial charge in [0, 0.05) is 10.8 Å². The molecule has 0 saturated carbocycles. The van der Waals surface area contributed by atoms with Gasteiger partial charge in [-0.05, 0) is 66.1 Å². The normalized spacial score (nSPS) is 13.3. The van der Waals surface area contributed by atoms with Crippen LogP contribution in [0.2, 0.25) is 0 Å². The highest BCUT2D eigenvalue weighted by Gasteiger charge is 2.32. The van der Waals surface area contributed by atoms with Crippen LogP contribution < -0.4 is 4.74 Å². The lowest BCUT2D eigenvalue weighted by Gasteiger charge is -2.34. The summed E-state index contributed by atoms with van der Waals surface area (Å²) in [6.45, 7) is 12.6. The summed E-state index contributed by atoms with van der Waals surface area (Å²) in [7, 11) is 0. The molecule has 0 radical (unpaired) electrons. The Hall–Kier alpha value is -2.79. The first-order valence-corrected chi connectivity index (χ1v) is 11.2. The van der Waals surface area contributed by atoms with E-state index >= 15 is 0 Å². The van der Waals surface area contributed by atoms with E-state index in [1.165, 1.54) is 5.56 Å². The number of ether oxygens (including phenoxy) is 1. The van der Waals surface area contributed by atoms with Gasteiger partial charge in [-0.15, -0.1) is 0 Å². The average Bonchev–Trinajstić information content (AvgIpc) is 3.17. The van der Waals surface area contributed by atoms with E-state index in [2.05, 4.69) is 26.0 Å². The van der Waals surface area contributed by atoms with Crippen molar-refractivity contribution < 1.29 is 24.2 Å². The largest absolute Gasteiger partial charge is 0.491 e. The van der Waals surface area contributed by atoms with Crippen molar-refractivity contribution in [2.75, 3.05) is 6.61 Å². The maximum atomic E-state index is 11.3. The van der Waals surface area contributed by atoms with Gasteiger partial charge < -0.3 is 19.4 Å². The second-order valence-electron chi connectivity index (χ2n) is 9.63. The maximum absolute atomic E-state index is 11.3. The number of hydrogen-bond acceptors (Lipinski definition) is 4. The molecule has 1 unspecified atom stereocenters. The molecule has 0 aliphatic carbocycles. The molecule has 1 atom stereocenters. The van der Waals surface area contributed by atoms with Crippen LogP contribution in [0.15, 0.2) is 46.9 Å². The van der Waals surface area contributed by atoms with Gasteiger partial charge >= 0.3 is 5.97 Å². The number of fused-ring (bicyclic) bond motifs is 1. The molecule has 5 heteroatoms. The number of aromatic carboxylic acids is 1. The molecule has 0 amide bonds. The third kappa shape index (κ3) is 4.53. The standard InChI is InChI=1S/C27H34O5/c1-7-27(8-2,20-10-12-22-18(14-20)15-23(32-22)25(29)30)19-9-11-21(17(3)13-19)31-16-24(28)26(4,5)6/h9-15,24,28H,7-8,16H2,1-6H3,(H,29,30). The predicted molar refractivity (Wildman–Crippen MR) is 127 cm³/mol. The number of aryl methyl sites for hydroxylation is 1. The van der Waals surface area contributed by atoms with Crippen LogP contribution in [0.3, 0.4) is 0 Å². The Morgan fingerprint density at radius 2 is 1.66 bits per heavy atom. The highest BCUT2D eigenvalue weighted by Crippen LogP contribution is 2.41. The minimum absolute atomic E-state index is 0.0504. The second-order valence-corrected chi connectivity index (χ2v) is 9.63. The number of carboxylic acids is 1. The summed E-state index contributed by atoms with van der Waals surface area (Å²) in [5, 5.41) is 20.3. The molecule has 0 spiro atoms. The van der Waals surface area contributed by atoms with Crippen molar-refractivity contribution in [2.24, 2.45) is 5.41 Å². The lowest BCUT2D eigenvalue weighted by Crippen LogP contribution is -2.32. The minimum atomic E-state index is -1.07. The van der Waals surface area contributed by atoms with Crippen LogP contribution in [-0.4, -0.2) is 28.9 Å². The van der Waals surface area contributed by atoms with Crippen molar-refractivity contribution in [1.29, 1.82) is 0 Å². The van der Waals surface area contributed by atoms with E-state index in [0.29, 0.717) is 5.58 Å². The molecule has 1 heterocycles. The van der Waals surface area contributed by atoms with E-state index in [9.17, 15) is 15.0 Å². The van der Waals surface area contributed by atoms with Gasteiger partial charge in [0.1, 0.15) is 17.9 Å². The fraction of sp³-hybridized carbons (Fsp3) is 0.444. The highest BCUT2D eigenvalue weighted by molar-refractivity contribution is 5.91. The van der Waals surface area contributed by atoms with Crippen LogP contribution in [0.1, 0.15) is 74.7 Å². The molecule has 3 rings (SSSR count). The summed E-state index contributed by atoms with van der Waals surface area (Å²) >= 11 is 0. The topological polar surface area (TPSA) is 79.9 Å². The fourth-order valence-corrected chi connectivity index (χ4v) is 4.21. The molecular weight excluding hydrogens is 404 g/mol. The van der Waals surface area contributed by atoms with Crippen LogP contribution in [0.25, 0.3) is 11.0 Å². The Kier molecular flexibility index (Phi) is 6.70. The molecule has 172 valence electrons. The van der Waals surface area contributed by atoms with Gasteiger partial charge in [0.2, 0.25) is 5.76 Å². The molecule has 0 aliphatic rings. The van der Waals surface area contributed by atoms with Gasteiger partial charge in [0.05, 0.1) is 6.10 Å². The third-order valence-corrected chi connectivity index (χ3v) is 6.61. The summed E-state index contributed by atoms with van der Waals surface area (Å²) in [6.07, 6.45) is 1.23. The van der Waals surface area contributed by atoms with Crippen molar-refractivity contribution >= 4 is 16.9 Å². The highest BCUT2D eigenvalue weighted by atomic mass is 16.5. The predicted octanol–water partition coefficient (Wildman–Crippen LogP) is 6.33. The van der Waals surface area contributed by atoms with Crippen LogP contribution in [0.4, 0.5) is 0 Å². The quantitative estimate of drug-likeness (QED) is 0.429. The smallest absolute Gasteiger partial charge is 0.371 e. The van der Waals surface area contributed by atoms with Crippen LogP contribution in [0, 0.1) is 12.3 Å². The zero-order valence-electron chi connectivity index (χ0n) is 19.9. The van der Waals surface area contributed by atoms with Crippen LogP contribution in [0.5, 0.6) is 5.75 Å². The molecular formula is C27H34O5. The number of furan rings is 1. The second kappa shape index (κ2) is 8.99. The first kappa shape index (κ1) is 23.9. The van der Waals surface area contributed by atoms with Gasteiger partial charge in [0.15, 0.2) is 0 Å². The Morgan fingerprint density at radius 3 is 2.22 bits per heavy atom. The lowest BCUT2D eigenvalue weighted by molar-refractivity contribution is 0.0216. The van der Waals surface area contributed by atoms with Gasteiger partial charge in [-0.3, -0.25) is 0 Å². The monoisotopic (exact) mass is 438 g/mol. The number of benzene rings is 2. The van der Waals surface area contributed by atoms with E-state index < -0.39 is 12.1 Å². The van der Waals surface area contributed by atoms with Gasteiger partial charge in [0.25, 0.3) is 0 Å². The van der Waals surface area contributed by atoms with Gasteiger partial charge in [-0.1, -0.05) is 52.8 Å². The van der Waals surface area contributed by atoms with Crippen molar-refractivity contribution in [2.45, 2.75) is 65.9 Å². The average molecular weight is 439 g/mol. The van der Waals surface area contributed by atoms with E-state index in [4.69, 9.17) is 9.15 Å². The van der Waals surface area contributed by atoms with Crippen LogP contribution >= 0.6 is 0 Å². The van der Waals surface area contributed by atoms with Gasteiger partial charge in [-0.25, -0.2) is 4.79 Å². The van der Waals surface area contributed by atoms with Crippen molar-refractivity contribution in [1.82, 2.24) is 0 Å². The SMILES string of the molecule is CCC(CC)(c1ccc(OCC(O)C(C)(C)C)c(C)c1)c1ccc2oc(C(=O)O)cc2c1. The molecule has 2 N–H and O–H groups in total. The van der Waals surface area contributed by atoms with E-state index in [1.807, 2.05) is 52.0 Å². The molecule has 3 aromatic rings. The Balaban J connectivity index is 1.96. The third-order valence-electron chi connectivity index (χ3n) is 6.61. The maximum Gasteiger partial charge on any atom is 0.371 e. The molecule has 5 nitrogen and oxygen atoms in total. The fourth-order valence-electron chi connectivity index (χ4n) is 4.21. The number of carboxylic acid groups (broad SMARTS) is 1. The number of hydrogen-bond donors (Lipinski definition) is 2. The van der Waals surface area contributed by atoms with Crippen molar-refractivity contribution in [3.05, 3.63) is 64.9 Å². The Bertz CT molecular complexity index is 1100. The zero-order valence-corrected chi connectivity index (χ0v) is 19.9. The van der Waals surface area contributed by atoms with Gasteiger partial charge in [-0.2, -0.15) is 0 Å². The van der Waals surface area contributed by atoms with E-state index in [1.54, 1.807) is 6.07 Å². The summed E-state index contributed by atoms with van der Waals surface area (Å²) in [6, 6.07) is 13.8. The lowest BCUT2D eigenvalue weighted by atomic mass is 9.70. The molecule has 0 bridgehead atoms. The summed E-state index contributed by atoms with van der Waals surface area (Å²) in [5.41, 5.74) is 3.45. The number of carbonyl (C=O) groups is 1. The molecule has 0 saturated heterocycles. The zero-order chi connectivity index (χ0) is 23.7. The molecule has 0 aliphatic heterocycles. The molecule has 1 aromatic heterocycles. The first-order chi connectivity index (χ1) is 15.0. The van der Waals surface area contributed by atoms with E-state index in [0.717, 1.165) is 35.1 Å². The number of rotatable bonds is 8. The van der Waals surface area contributed by atoms with Crippen molar-refractivity contribution in [3.63, 3.8) is 0 Å². The summed E-state index contributed by atoms with van der Waals surface area (Å²) < 4.78 is 11.4. The van der Waals surface area contributed by atoms with E-state index in [-0.39, 0.29) is 23.2 Å². The number of aliphatic hydroxyl groups excluding tert-OH is 1. The van der Waals surface area contributed by atoms with Crippen LogP contribution in [-0.2, 0) is 5.41 Å². The number of aliphatic hydroxyl groups is 1.